The number of nitrogens with one attached hydrogen (secondary N) is 1. The van der Waals surface area contributed by atoms with Crippen LogP contribution in [0.25, 0.3) is 0 Å². The molecule has 2 N–H and O–H groups in total. The molecule has 1 atom stereocenters. The molecule has 1 aliphatic rings. The molecule has 5 heteroatoms. The highest BCUT2D eigenvalue weighted by Crippen LogP contribution is 2.41. The molecule has 1 aromatic carbocycles. The van der Waals surface area contributed by atoms with Crippen LogP contribution >= 0.6 is 27.5 Å². The zero-order valence-corrected chi connectivity index (χ0v) is 14.3. The van der Waals surface area contributed by atoms with Gasteiger partial charge in [0.25, 0.3) is 0 Å². The Morgan fingerprint density at radius 2 is 2.05 bits per heavy atom. The summed E-state index contributed by atoms with van der Waals surface area (Å²) in [4.78, 5) is 2.42. The van der Waals surface area contributed by atoms with Crippen molar-refractivity contribution in [1.29, 1.82) is 0 Å². The van der Waals surface area contributed by atoms with Crippen molar-refractivity contribution in [1.82, 2.24) is 10.2 Å². The average Bonchev–Trinajstić information content (AvgIpc) is 2.44. The number of rotatable bonds is 4. The molecule has 1 aromatic rings. The van der Waals surface area contributed by atoms with Gasteiger partial charge in [0.05, 0.1) is 0 Å². The van der Waals surface area contributed by atoms with Crippen molar-refractivity contribution in [3.05, 3.63) is 33.3 Å². The Balaban J connectivity index is 2.42. The second-order valence-corrected chi connectivity index (χ2v) is 7.32. The Morgan fingerprint density at radius 3 is 2.65 bits per heavy atom. The summed E-state index contributed by atoms with van der Waals surface area (Å²) >= 11 is 9.95. The molecule has 0 amide bonds. The van der Waals surface area contributed by atoms with Crippen molar-refractivity contribution in [3.63, 3.8) is 0 Å². The first-order valence-corrected chi connectivity index (χ1v) is 8.13. The van der Waals surface area contributed by atoms with E-state index >= 15 is 0 Å². The van der Waals surface area contributed by atoms with Crippen LogP contribution < -0.4 is 5.32 Å². The maximum absolute atomic E-state index is 9.82. The van der Waals surface area contributed by atoms with Crippen molar-refractivity contribution in [2.45, 2.75) is 19.9 Å². The first-order chi connectivity index (χ1) is 9.45. The highest BCUT2D eigenvalue weighted by molar-refractivity contribution is 9.10. The number of hydrogen-bond donors (Lipinski definition) is 2. The monoisotopic (exact) mass is 360 g/mol. The minimum atomic E-state index is -0.248. The lowest BCUT2D eigenvalue weighted by Crippen LogP contribution is -2.49. The van der Waals surface area contributed by atoms with Gasteiger partial charge in [-0.25, -0.2) is 0 Å². The lowest BCUT2D eigenvalue weighted by molar-refractivity contribution is 0.0305. The van der Waals surface area contributed by atoms with Gasteiger partial charge in [0, 0.05) is 53.7 Å². The van der Waals surface area contributed by atoms with E-state index in [0.29, 0.717) is 0 Å². The smallest absolute Gasteiger partial charge is 0.0500 e. The van der Waals surface area contributed by atoms with Crippen LogP contribution in [0, 0.1) is 5.41 Å². The maximum Gasteiger partial charge on any atom is 0.0500 e. The lowest BCUT2D eigenvalue weighted by Gasteiger charge is -2.43. The molecule has 0 spiro atoms. The molecular formula is C15H22BrClN2O. The maximum atomic E-state index is 9.82. The predicted octanol–water partition coefficient (Wildman–Crippen LogP) is 3.07. The fourth-order valence-electron chi connectivity index (χ4n) is 2.86. The van der Waals surface area contributed by atoms with Crippen molar-refractivity contribution in [2.24, 2.45) is 5.41 Å². The van der Waals surface area contributed by atoms with Gasteiger partial charge < -0.3 is 10.4 Å². The van der Waals surface area contributed by atoms with Gasteiger partial charge in [-0.15, -0.1) is 0 Å². The Labute approximate surface area is 134 Å². The van der Waals surface area contributed by atoms with E-state index in [2.05, 4.69) is 46.1 Å². The molecule has 20 heavy (non-hydrogen) atoms. The van der Waals surface area contributed by atoms with E-state index in [4.69, 9.17) is 11.6 Å². The van der Waals surface area contributed by atoms with Gasteiger partial charge in [0.2, 0.25) is 0 Å². The van der Waals surface area contributed by atoms with Crippen LogP contribution in [0.2, 0.25) is 5.02 Å². The number of aliphatic hydroxyl groups is 1. The largest absolute Gasteiger partial charge is 0.396 e. The zero-order chi connectivity index (χ0) is 14.8. The predicted molar refractivity (Wildman–Crippen MR) is 87.2 cm³/mol. The van der Waals surface area contributed by atoms with Crippen molar-refractivity contribution >= 4 is 27.5 Å². The molecule has 0 aromatic heterocycles. The molecule has 0 bridgehead atoms. The van der Waals surface area contributed by atoms with E-state index < -0.39 is 0 Å². The first kappa shape index (κ1) is 16.2. The number of piperazine rings is 1. The standard InChI is InChI=1S/C15H22BrClN2O/c1-15(2,10-20)14(19-7-5-18-6-8-19)12-9-11(16)3-4-13(12)17/h3-4,9,14,18,20H,5-8,10H2,1-2H3/t14-/m1/s1. The third kappa shape index (κ3) is 3.55. The SMILES string of the molecule is CC(C)(CO)[C@@H](c1cc(Br)ccc1Cl)N1CCNCC1. The van der Waals surface area contributed by atoms with Gasteiger partial charge >= 0.3 is 0 Å². The van der Waals surface area contributed by atoms with Gasteiger partial charge in [-0.1, -0.05) is 41.4 Å². The molecular weight excluding hydrogens is 340 g/mol. The fourth-order valence-corrected chi connectivity index (χ4v) is 3.46. The molecule has 0 radical (unpaired) electrons. The highest BCUT2D eigenvalue weighted by Gasteiger charge is 2.36. The summed E-state index contributed by atoms with van der Waals surface area (Å²) in [5, 5.41) is 14.0. The molecule has 1 heterocycles. The van der Waals surface area contributed by atoms with E-state index in [-0.39, 0.29) is 18.1 Å². The molecule has 0 aliphatic carbocycles. The molecule has 2 rings (SSSR count). The third-order valence-electron chi connectivity index (χ3n) is 3.92. The Morgan fingerprint density at radius 1 is 1.40 bits per heavy atom. The molecule has 1 fully saturated rings. The number of hydrogen-bond acceptors (Lipinski definition) is 3. The molecule has 112 valence electrons. The van der Waals surface area contributed by atoms with Gasteiger partial charge in [-0.2, -0.15) is 0 Å². The van der Waals surface area contributed by atoms with Crippen molar-refractivity contribution < 1.29 is 5.11 Å². The van der Waals surface area contributed by atoms with Gasteiger partial charge in [0.1, 0.15) is 0 Å². The topological polar surface area (TPSA) is 35.5 Å². The summed E-state index contributed by atoms with van der Waals surface area (Å²) in [7, 11) is 0. The number of benzene rings is 1. The van der Waals surface area contributed by atoms with E-state index in [9.17, 15) is 5.11 Å². The summed E-state index contributed by atoms with van der Waals surface area (Å²) in [6.07, 6.45) is 0. The van der Waals surface area contributed by atoms with Gasteiger partial charge in [-0.3, -0.25) is 4.90 Å². The Kier molecular flexibility index (Phi) is 5.49. The minimum Gasteiger partial charge on any atom is -0.396 e. The first-order valence-electron chi connectivity index (χ1n) is 6.96. The summed E-state index contributed by atoms with van der Waals surface area (Å²) in [5.74, 6) is 0. The van der Waals surface area contributed by atoms with Crippen LogP contribution in [0.15, 0.2) is 22.7 Å². The molecule has 1 aliphatic heterocycles. The zero-order valence-electron chi connectivity index (χ0n) is 12.0. The Bertz CT molecular complexity index is 461. The van der Waals surface area contributed by atoms with E-state index in [1.807, 2.05) is 12.1 Å². The fraction of sp³-hybridized carbons (Fsp3) is 0.600. The summed E-state index contributed by atoms with van der Waals surface area (Å²) in [5.41, 5.74) is 0.837. The minimum absolute atomic E-state index is 0.111. The van der Waals surface area contributed by atoms with Crippen LogP contribution in [-0.2, 0) is 0 Å². The number of nitrogens with zero attached hydrogens (tertiary/aromatic N) is 1. The summed E-state index contributed by atoms with van der Waals surface area (Å²) in [6, 6.07) is 6.06. The van der Waals surface area contributed by atoms with Crippen LogP contribution in [0.5, 0.6) is 0 Å². The third-order valence-corrected chi connectivity index (χ3v) is 4.75. The molecule has 3 nitrogen and oxygen atoms in total. The van der Waals surface area contributed by atoms with Gasteiger partial charge in [-0.05, 0) is 23.8 Å². The molecule has 1 saturated heterocycles. The Hall–Kier alpha value is -0.130. The van der Waals surface area contributed by atoms with Gasteiger partial charge in [0.15, 0.2) is 0 Å². The second-order valence-electron chi connectivity index (χ2n) is 6.00. The molecule has 0 saturated carbocycles. The van der Waals surface area contributed by atoms with E-state index in [0.717, 1.165) is 41.2 Å². The van der Waals surface area contributed by atoms with E-state index in [1.165, 1.54) is 0 Å². The van der Waals surface area contributed by atoms with Crippen LogP contribution in [-0.4, -0.2) is 42.8 Å². The highest BCUT2D eigenvalue weighted by atomic mass is 79.9. The van der Waals surface area contributed by atoms with E-state index in [1.54, 1.807) is 0 Å². The summed E-state index contributed by atoms with van der Waals surface area (Å²) in [6.45, 7) is 8.21. The van der Waals surface area contributed by atoms with Crippen LogP contribution in [0.3, 0.4) is 0 Å². The normalized spacial score (nSPS) is 19.1. The second kappa shape index (κ2) is 6.75. The summed E-state index contributed by atoms with van der Waals surface area (Å²) < 4.78 is 1.02. The van der Waals surface area contributed by atoms with Crippen molar-refractivity contribution in [2.75, 3.05) is 32.8 Å². The number of aliphatic hydroxyl groups excluding tert-OH is 1. The average molecular weight is 362 g/mol. The van der Waals surface area contributed by atoms with Crippen LogP contribution in [0.1, 0.15) is 25.5 Å². The van der Waals surface area contributed by atoms with Crippen LogP contribution in [0.4, 0.5) is 0 Å². The lowest BCUT2D eigenvalue weighted by atomic mass is 9.79. The quantitative estimate of drug-likeness (QED) is 0.865. The molecule has 0 unspecified atom stereocenters. The van der Waals surface area contributed by atoms with Crippen molar-refractivity contribution in [3.8, 4) is 0 Å². The number of halogens is 2.